The number of aliphatic hydroxyl groups excluding tert-OH is 2. The summed E-state index contributed by atoms with van der Waals surface area (Å²) < 4.78 is 6.79. The van der Waals surface area contributed by atoms with E-state index in [0.29, 0.717) is 18.8 Å². The number of carbonyl (C=O) groups is 1. The molecule has 2 atom stereocenters. The van der Waals surface area contributed by atoms with Gasteiger partial charge in [0.25, 0.3) is 5.91 Å². The van der Waals surface area contributed by atoms with Crippen molar-refractivity contribution in [2.45, 2.75) is 18.8 Å². The van der Waals surface area contributed by atoms with Gasteiger partial charge in [-0.25, -0.2) is 0 Å². The summed E-state index contributed by atoms with van der Waals surface area (Å²) in [4.78, 5) is 13.7. The van der Waals surface area contributed by atoms with Gasteiger partial charge in [-0.3, -0.25) is 4.79 Å². The number of β-amino-alcohol motifs (C(OH)–C–C–N with tert-alkyl or cyclic N) is 2. The van der Waals surface area contributed by atoms with Crippen molar-refractivity contribution in [2.24, 2.45) is 0 Å². The molecule has 6 heteroatoms. The molecule has 100 valence electrons. The van der Waals surface area contributed by atoms with Gasteiger partial charge in [0.15, 0.2) is 0 Å². The summed E-state index contributed by atoms with van der Waals surface area (Å²) in [6.45, 7) is 1.48. The van der Waals surface area contributed by atoms with E-state index in [2.05, 4.69) is 0 Å². The van der Waals surface area contributed by atoms with Crippen LogP contribution in [0.3, 0.4) is 0 Å². The molecule has 2 N–H and O–H groups in total. The van der Waals surface area contributed by atoms with Crippen LogP contribution in [0.2, 0.25) is 0 Å². The van der Waals surface area contributed by atoms with Crippen LogP contribution in [0.1, 0.15) is 10.5 Å². The lowest BCUT2D eigenvalue weighted by Gasteiger charge is -2.16. The Morgan fingerprint density at radius 3 is 2.72 bits per heavy atom. The fourth-order valence-electron chi connectivity index (χ4n) is 2.09. The van der Waals surface area contributed by atoms with Crippen molar-refractivity contribution in [3.05, 3.63) is 24.0 Å². The summed E-state index contributed by atoms with van der Waals surface area (Å²) in [6.07, 6.45) is 0.113. The van der Waals surface area contributed by atoms with E-state index in [1.54, 1.807) is 19.2 Å². The lowest BCUT2D eigenvalue weighted by Crippen LogP contribution is -2.31. The number of likely N-dealkylation sites (tertiary alicyclic amines) is 1. The number of carbonyl (C=O) groups excluding carboxylic acids is 1. The molecule has 1 saturated heterocycles. The van der Waals surface area contributed by atoms with Crippen LogP contribution in [0, 0.1) is 0 Å². The lowest BCUT2D eigenvalue weighted by molar-refractivity contribution is 0.0572. The van der Waals surface area contributed by atoms with Crippen LogP contribution in [-0.2, 0) is 11.3 Å². The Morgan fingerprint density at radius 1 is 1.44 bits per heavy atom. The Hall–Kier alpha value is -1.37. The minimum atomic E-state index is -0.851. The highest BCUT2D eigenvalue weighted by molar-refractivity contribution is 5.93. The Balaban J connectivity index is 2.07. The Bertz CT molecular complexity index is 408. The number of ether oxygens (including phenoxy) is 1. The van der Waals surface area contributed by atoms with Gasteiger partial charge in [-0.15, -0.1) is 0 Å². The molecule has 6 nitrogen and oxygen atoms in total. The van der Waals surface area contributed by atoms with Crippen LogP contribution in [0.4, 0.5) is 0 Å². The molecule has 18 heavy (non-hydrogen) atoms. The molecule has 1 aromatic rings. The average Bonchev–Trinajstić information content (AvgIpc) is 2.94. The molecule has 2 rings (SSSR count). The molecular weight excluding hydrogens is 236 g/mol. The fourth-order valence-corrected chi connectivity index (χ4v) is 2.09. The number of methoxy groups -OCH3 is 1. The molecule has 1 aliphatic heterocycles. The van der Waals surface area contributed by atoms with E-state index in [1.165, 1.54) is 4.90 Å². The predicted molar refractivity (Wildman–Crippen MR) is 64.2 cm³/mol. The van der Waals surface area contributed by atoms with Gasteiger partial charge in [0, 0.05) is 32.9 Å². The molecule has 1 fully saturated rings. The van der Waals surface area contributed by atoms with Crippen LogP contribution in [0.5, 0.6) is 0 Å². The van der Waals surface area contributed by atoms with Crippen molar-refractivity contribution >= 4 is 5.91 Å². The van der Waals surface area contributed by atoms with Crippen LogP contribution in [-0.4, -0.2) is 64.6 Å². The zero-order valence-electron chi connectivity index (χ0n) is 10.3. The molecular formula is C12H18N2O4. The second kappa shape index (κ2) is 5.51. The summed E-state index contributed by atoms with van der Waals surface area (Å²) in [7, 11) is 1.61. The van der Waals surface area contributed by atoms with Crippen LogP contribution in [0.15, 0.2) is 18.3 Å². The number of rotatable bonds is 4. The van der Waals surface area contributed by atoms with Crippen molar-refractivity contribution in [1.82, 2.24) is 9.47 Å². The number of aliphatic hydroxyl groups is 2. The maximum absolute atomic E-state index is 12.2. The number of nitrogens with zero attached hydrogens (tertiary/aromatic N) is 2. The van der Waals surface area contributed by atoms with Crippen LogP contribution < -0.4 is 0 Å². The van der Waals surface area contributed by atoms with Gasteiger partial charge in [0.1, 0.15) is 5.69 Å². The van der Waals surface area contributed by atoms with E-state index < -0.39 is 12.2 Å². The maximum Gasteiger partial charge on any atom is 0.270 e. The Labute approximate surface area is 105 Å². The number of aromatic nitrogens is 1. The van der Waals surface area contributed by atoms with Gasteiger partial charge < -0.3 is 24.4 Å². The Kier molecular flexibility index (Phi) is 4.00. The smallest absolute Gasteiger partial charge is 0.270 e. The zero-order chi connectivity index (χ0) is 13.1. The van der Waals surface area contributed by atoms with Gasteiger partial charge in [0.2, 0.25) is 0 Å². The molecule has 0 aromatic carbocycles. The molecule has 0 unspecified atom stereocenters. The van der Waals surface area contributed by atoms with Crippen molar-refractivity contribution in [3.63, 3.8) is 0 Å². The molecule has 1 aliphatic rings. The fraction of sp³-hybridized carbons (Fsp3) is 0.583. The third-order valence-electron chi connectivity index (χ3n) is 3.13. The molecule has 2 heterocycles. The SMILES string of the molecule is COCCn1cccc1C(=O)N1C[C@@H](O)[C@@H](O)C1. The number of hydrogen-bond donors (Lipinski definition) is 2. The molecule has 0 spiro atoms. The third-order valence-corrected chi connectivity index (χ3v) is 3.13. The molecule has 0 bridgehead atoms. The van der Waals surface area contributed by atoms with Gasteiger partial charge in [-0.2, -0.15) is 0 Å². The number of amides is 1. The van der Waals surface area contributed by atoms with Crippen molar-refractivity contribution in [2.75, 3.05) is 26.8 Å². The van der Waals surface area contributed by atoms with Gasteiger partial charge in [-0.1, -0.05) is 0 Å². The van der Waals surface area contributed by atoms with Crippen molar-refractivity contribution in [3.8, 4) is 0 Å². The standard InChI is InChI=1S/C12H18N2O4/c1-18-6-5-13-4-2-3-9(13)12(17)14-7-10(15)11(16)8-14/h2-4,10-11,15-16H,5-8H2,1H3/t10-,11+. The minimum Gasteiger partial charge on any atom is -0.388 e. The van der Waals surface area contributed by atoms with E-state index in [0.717, 1.165) is 0 Å². The largest absolute Gasteiger partial charge is 0.388 e. The summed E-state index contributed by atoms with van der Waals surface area (Å²) in [5.41, 5.74) is 0.549. The van der Waals surface area contributed by atoms with E-state index in [-0.39, 0.29) is 19.0 Å². The molecule has 1 amide bonds. The summed E-state index contributed by atoms with van der Waals surface area (Å²) in [6, 6.07) is 3.53. The van der Waals surface area contributed by atoms with E-state index in [4.69, 9.17) is 4.74 Å². The van der Waals surface area contributed by atoms with Gasteiger partial charge in [-0.05, 0) is 12.1 Å². The molecule has 0 saturated carbocycles. The predicted octanol–water partition coefficient (Wildman–Crippen LogP) is -0.688. The van der Waals surface area contributed by atoms with Gasteiger partial charge in [0.05, 0.1) is 18.8 Å². The normalized spacial score (nSPS) is 23.6. The summed E-state index contributed by atoms with van der Waals surface area (Å²) in [5.74, 6) is -0.174. The first kappa shape index (κ1) is 13.1. The van der Waals surface area contributed by atoms with E-state index in [1.807, 2.05) is 10.8 Å². The van der Waals surface area contributed by atoms with E-state index >= 15 is 0 Å². The summed E-state index contributed by atoms with van der Waals surface area (Å²) in [5, 5.41) is 18.9. The third kappa shape index (κ3) is 2.55. The molecule has 1 aromatic heterocycles. The topological polar surface area (TPSA) is 74.9 Å². The van der Waals surface area contributed by atoms with Crippen molar-refractivity contribution < 1.29 is 19.7 Å². The average molecular weight is 254 g/mol. The lowest BCUT2D eigenvalue weighted by atomic mass is 10.3. The van der Waals surface area contributed by atoms with Crippen LogP contribution >= 0.6 is 0 Å². The van der Waals surface area contributed by atoms with Gasteiger partial charge >= 0.3 is 0 Å². The monoisotopic (exact) mass is 254 g/mol. The molecule has 0 aliphatic carbocycles. The number of hydrogen-bond acceptors (Lipinski definition) is 4. The second-order valence-corrected chi connectivity index (χ2v) is 4.42. The highest BCUT2D eigenvalue weighted by Crippen LogP contribution is 2.14. The minimum absolute atomic E-state index is 0.174. The summed E-state index contributed by atoms with van der Waals surface area (Å²) >= 11 is 0. The Morgan fingerprint density at radius 2 is 2.11 bits per heavy atom. The van der Waals surface area contributed by atoms with Crippen LogP contribution in [0.25, 0.3) is 0 Å². The highest BCUT2D eigenvalue weighted by atomic mass is 16.5. The highest BCUT2D eigenvalue weighted by Gasteiger charge is 2.33. The zero-order valence-corrected chi connectivity index (χ0v) is 10.3. The first-order valence-corrected chi connectivity index (χ1v) is 5.93. The first-order chi connectivity index (χ1) is 8.63. The first-order valence-electron chi connectivity index (χ1n) is 5.93. The van der Waals surface area contributed by atoms with Crippen molar-refractivity contribution in [1.29, 1.82) is 0 Å². The van der Waals surface area contributed by atoms with E-state index in [9.17, 15) is 15.0 Å². The maximum atomic E-state index is 12.2. The quantitative estimate of drug-likeness (QED) is 0.746. The molecule has 0 radical (unpaired) electrons. The second-order valence-electron chi connectivity index (χ2n) is 4.42.